The van der Waals surface area contributed by atoms with Gasteiger partial charge in [0.25, 0.3) is 23.6 Å². The average Bonchev–Trinajstić information content (AvgIpc) is 3.96. The van der Waals surface area contributed by atoms with Crippen LogP contribution in [0.5, 0.6) is 0 Å². The molecule has 270 valence electrons. The molecule has 4 aliphatic rings. The summed E-state index contributed by atoms with van der Waals surface area (Å²) >= 11 is 0. The first kappa shape index (κ1) is 32.2. The molecule has 0 bridgehead atoms. The van der Waals surface area contributed by atoms with Gasteiger partial charge >= 0.3 is 17.9 Å². The maximum absolute atomic E-state index is 14.2. The van der Waals surface area contributed by atoms with Crippen molar-refractivity contribution in [2.75, 3.05) is 9.80 Å². The molecule has 11 rings (SSSR count). The van der Waals surface area contributed by atoms with Crippen molar-refractivity contribution in [3.05, 3.63) is 160 Å². The molecule has 0 fully saturated rings. The van der Waals surface area contributed by atoms with Gasteiger partial charge < -0.3 is 14.5 Å². The van der Waals surface area contributed by atoms with Gasteiger partial charge in [-0.05, 0) is 95.1 Å². The smallest absolute Gasteiger partial charge is 0.346 e. The first-order chi connectivity index (χ1) is 27.6. The van der Waals surface area contributed by atoms with E-state index in [0.717, 1.165) is 9.80 Å². The molecule has 0 aliphatic carbocycles. The number of ether oxygens (including phenoxy) is 2. The van der Waals surface area contributed by atoms with Crippen LogP contribution in [-0.2, 0) is 9.47 Å². The van der Waals surface area contributed by atoms with Crippen molar-refractivity contribution >= 4 is 80.5 Å². The Bertz CT molecular complexity index is 3000. The first-order valence-corrected chi connectivity index (χ1v) is 17.6. The fourth-order valence-electron chi connectivity index (χ4n) is 8.27. The van der Waals surface area contributed by atoms with E-state index < -0.39 is 41.5 Å². The highest BCUT2D eigenvalue weighted by atomic mass is 16.6. The van der Waals surface area contributed by atoms with Crippen molar-refractivity contribution in [2.24, 2.45) is 0 Å². The fraction of sp³-hybridized carbons (Fsp3) is 0. The molecule has 1 N–H and O–H groups in total. The molecular formula is C45H21N3O9. The number of esters is 3. The minimum atomic E-state index is -0.784. The predicted molar refractivity (Wildman–Crippen MR) is 206 cm³/mol. The molecule has 4 amide bonds. The van der Waals surface area contributed by atoms with Crippen molar-refractivity contribution < 1.29 is 43.0 Å². The van der Waals surface area contributed by atoms with Crippen molar-refractivity contribution in [2.45, 2.75) is 0 Å². The molecule has 7 aromatic rings. The van der Waals surface area contributed by atoms with Gasteiger partial charge in [0.15, 0.2) is 0 Å². The number of anilines is 2. The highest BCUT2D eigenvalue weighted by Gasteiger charge is 2.41. The van der Waals surface area contributed by atoms with E-state index in [1.807, 2.05) is 0 Å². The van der Waals surface area contributed by atoms with Crippen molar-refractivity contribution in [3.8, 4) is 22.3 Å². The molecule has 0 saturated heterocycles. The standard InChI is InChI=1S/C45H21N3O9/c1-20-25-12-8-21(16-33(25)44(54)56-20)26-4-2-6-29-37(26)41(51)47(39(29)49)23-10-14-35-31(18-23)32-19-24(11-15-36(32)46-35)48-40(50)30-7-3-5-27(38(30)42(48)52)22-9-13-28-34(17-22)45(55)57-43(28)53/h2-19,46H,1H2. The number of hydrogen-bond donors (Lipinski definition) is 1. The number of nitrogens with one attached hydrogen (secondary N) is 1. The Morgan fingerprint density at radius 3 is 1.42 bits per heavy atom. The number of fused-ring (bicyclic) bond motifs is 7. The van der Waals surface area contributed by atoms with Gasteiger partial charge in [-0.1, -0.05) is 43.0 Å². The van der Waals surface area contributed by atoms with Crippen LogP contribution in [0, 0.1) is 0 Å². The highest BCUT2D eigenvalue weighted by Crippen LogP contribution is 2.41. The van der Waals surface area contributed by atoms with Crippen LogP contribution in [0.1, 0.15) is 78.1 Å². The van der Waals surface area contributed by atoms with Crippen LogP contribution in [0.2, 0.25) is 0 Å². The Labute approximate surface area is 320 Å². The quantitative estimate of drug-likeness (QED) is 0.108. The molecule has 5 heterocycles. The zero-order valence-corrected chi connectivity index (χ0v) is 29.2. The third kappa shape index (κ3) is 4.34. The summed E-state index contributed by atoms with van der Waals surface area (Å²) in [5, 5.41) is 1.27. The number of imide groups is 2. The van der Waals surface area contributed by atoms with E-state index in [1.54, 1.807) is 97.1 Å². The summed E-state index contributed by atoms with van der Waals surface area (Å²) < 4.78 is 9.89. The molecule has 6 aromatic carbocycles. The zero-order valence-electron chi connectivity index (χ0n) is 29.2. The first-order valence-electron chi connectivity index (χ1n) is 17.6. The molecule has 4 aliphatic heterocycles. The van der Waals surface area contributed by atoms with Gasteiger partial charge in [-0.15, -0.1) is 0 Å². The van der Waals surface area contributed by atoms with Crippen LogP contribution < -0.4 is 9.80 Å². The van der Waals surface area contributed by atoms with Crippen LogP contribution >= 0.6 is 0 Å². The number of rotatable bonds is 4. The SMILES string of the molecule is C=C1OC(=O)c2cc(-c3cccc4c3C(=O)N(c3ccc5[nH]c6ccc(N7C(=O)c8cccc(-c9ccc%10c(c9)C(=O)OC%10=O)c8C7=O)cc6c5c3)C4=O)ccc21. The second-order valence-electron chi connectivity index (χ2n) is 13.9. The summed E-state index contributed by atoms with van der Waals surface area (Å²) in [6.45, 7) is 3.77. The van der Waals surface area contributed by atoms with Gasteiger partial charge in [0.05, 0.1) is 50.3 Å². The Balaban J connectivity index is 0.959. The maximum atomic E-state index is 14.2. The Hall–Kier alpha value is -8.25. The Kier molecular flexibility index (Phi) is 6.30. The summed E-state index contributed by atoms with van der Waals surface area (Å²) in [4.78, 5) is 98.5. The van der Waals surface area contributed by atoms with Gasteiger partial charge in [-0.3, -0.25) is 19.2 Å². The lowest BCUT2D eigenvalue weighted by atomic mass is 9.94. The highest BCUT2D eigenvalue weighted by molar-refractivity contribution is 6.38. The van der Waals surface area contributed by atoms with E-state index in [4.69, 9.17) is 9.47 Å². The van der Waals surface area contributed by atoms with Gasteiger partial charge in [-0.2, -0.15) is 0 Å². The summed E-state index contributed by atoms with van der Waals surface area (Å²) in [7, 11) is 0. The lowest BCUT2D eigenvalue weighted by Crippen LogP contribution is -2.29. The Morgan fingerprint density at radius 1 is 0.421 bits per heavy atom. The van der Waals surface area contributed by atoms with Crippen molar-refractivity contribution in [3.63, 3.8) is 0 Å². The minimum Gasteiger partial charge on any atom is -0.423 e. The maximum Gasteiger partial charge on any atom is 0.346 e. The van der Waals surface area contributed by atoms with Crippen LogP contribution in [0.4, 0.5) is 11.4 Å². The molecule has 12 heteroatoms. The van der Waals surface area contributed by atoms with Gasteiger partial charge in [0.1, 0.15) is 5.76 Å². The number of carbonyl (C=O) groups excluding carboxylic acids is 7. The van der Waals surface area contributed by atoms with Crippen LogP contribution in [0.15, 0.2) is 116 Å². The number of nitrogens with zero attached hydrogens (tertiary/aromatic N) is 2. The lowest BCUT2D eigenvalue weighted by molar-refractivity contribution is 0.0442. The average molecular weight is 748 g/mol. The lowest BCUT2D eigenvalue weighted by Gasteiger charge is -2.15. The van der Waals surface area contributed by atoms with E-state index in [0.29, 0.717) is 66.6 Å². The molecule has 0 atom stereocenters. The summed E-state index contributed by atoms with van der Waals surface area (Å²) in [5.74, 6) is -3.99. The molecule has 0 spiro atoms. The van der Waals surface area contributed by atoms with E-state index in [2.05, 4.69) is 11.6 Å². The van der Waals surface area contributed by atoms with Gasteiger partial charge in [-0.25, -0.2) is 24.2 Å². The third-order valence-electron chi connectivity index (χ3n) is 10.9. The van der Waals surface area contributed by atoms with E-state index >= 15 is 0 Å². The molecular weight excluding hydrogens is 727 g/mol. The molecule has 1 aromatic heterocycles. The topological polar surface area (TPSA) is 160 Å². The minimum absolute atomic E-state index is 0.0775. The third-order valence-corrected chi connectivity index (χ3v) is 10.9. The predicted octanol–water partition coefficient (Wildman–Crippen LogP) is 7.71. The van der Waals surface area contributed by atoms with Crippen LogP contribution in [-0.4, -0.2) is 46.5 Å². The summed E-state index contributed by atoms with van der Waals surface area (Å²) in [6.07, 6.45) is 0. The number of cyclic esters (lactones) is 3. The number of benzene rings is 6. The second kappa shape index (κ2) is 11.1. The zero-order chi connectivity index (χ0) is 39.0. The molecule has 0 saturated carbocycles. The molecule has 0 radical (unpaired) electrons. The van der Waals surface area contributed by atoms with Crippen LogP contribution in [0.25, 0.3) is 49.8 Å². The van der Waals surface area contributed by atoms with E-state index in [9.17, 15) is 33.6 Å². The number of aromatic amines is 1. The number of aromatic nitrogens is 1. The van der Waals surface area contributed by atoms with Gasteiger partial charge in [0, 0.05) is 27.4 Å². The monoisotopic (exact) mass is 747 g/mol. The fourth-order valence-corrected chi connectivity index (χ4v) is 8.27. The number of H-pyrrole nitrogens is 1. The number of hydrogen-bond acceptors (Lipinski definition) is 9. The molecule has 0 unspecified atom stereocenters. The van der Waals surface area contributed by atoms with E-state index in [-0.39, 0.29) is 39.1 Å². The molecule has 12 nitrogen and oxygen atoms in total. The Morgan fingerprint density at radius 2 is 0.877 bits per heavy atom. The number of amides is 4. The summed E-state index contributed by atoms with van der Waals surface area (Å²) in [6, 6.07) is 29.7. The molecule has 57 heavy (non-hydrogen) atoms. The normalized spacial score (nSPS) is 15.5. The van der Waals surface area contributed by atoms with Crippen LogP contribution in [0.3, 0.4) is 0 Å². The van der Waals surface area contributed by atoms with E-state index in [1.165, 1.54) is 12.1 Å². The summed E-state index contributed by atoms with van der Waals surface area (Å²) in [5.41, 5.74) is 5.72. The van der Waals surface area contributed by atoms with Crippen molar-refractivity contribution in [1.29, 1.82) is 0 Å². The van der Waals surface area contributed by atoms with Crippen molar-refractivity contribution in [1.82, 2.24) is 4.98 Å². The number of carbonyl (C=O) groups is 7. The van der Waals surface area contributed by atoms with Gasteiger partial charge in [0.2, 0.25) is 0 Å². The second-order valence-corrected chi connectivity index (χ2v) is 13.9. The largest absolute Gasteiger partial charge is 0.423 e.